The van der Waals surface area contributed by atoms with E-state index < -0.39 is 48.8 Å². The van der Waals surface area contributed by atoms with Crippen molar-refractivity contribution in [2.75, 3.05) is 7.11 Å². The zero-order valence-electron chi connectivity index (χ0n) is 13.0. The highest BCUT2D eigenvalue weighted by Gasteiger charge is 2.83. The van der Waals surface area contributed by atoms with E-state index in [2.05, 4.69) is 14.2 Å². The van der Waals surface area contributed by atoms with Crippen LogP contribution in [0.4, 0.5) is 52.7 Å². The normalized spacial score (nSPS) is 20.4. The van der Waals surface area contributed by atoms with Crippen LogP contribution in [0, 0.1) is 0 Å². The molecule has 26 heavy (non-hydrogen) atoms. The zero-order valence-corrected chi connectivity index (χ0v) is 13.0. The molecule has 0 heterocycles. The van der Waals surface area contributed by atoms with Gasteiger partial charge in [0.15, 0.2) is 0 Å². The summed E-state index contributed by atoms with van der Waals surface area (Å²) in [4.78, 5) is 0. The van der Waals surface area contributed by atoms with Crippen LogP contribution >= 0.6 is 0 Å². The van der Waals surface area contributed by atoms with E-state index >= 15 is 0 Å². The van der Waals surface area contributed by atoms with E-state index in [9.17, 15) is 52.7 Å². The standard InChI is InChI=1S/C11H12F12O3/c1-4-5(2)25-10(20,21)7(13,9(17,18)19)26-11(22,23)6(12,24-3)8(14,15)16/h5H,4H2,1-3H3. The van der Waals surface area contributed by atoms with Crippen molar-refractivity contribution in [3.05, 3.63) is 0 Å². The van der Waals surface area contributed by atoms with E-state index in [1.807, 2.05) is 0 Å². The molecule has 0 saturated heterocycles. The minimum Gasteiger partial charge on any atom is -0.335 e. The van der Waals surface area contributed by atoms with Gasteiger partial charge in [-0.3, -0.25) is 4.74 Å². The topological polar surface area (TPSA) is 27.7 Å². The second-order valence-electron chi connectivity index (χ2n) is 4.86. The van der Waals surface area contributed by atoms with Crippen LogP contribution in [0.25, 0.3) is 0 Å². The molecule has 0 aliphatic rings. The molecule has 158 valence electrons. The average molecular weight is 420 g/mol. The van der Waals surface area contributed by atoms with E-state index in [0.717, 1.165) is 6.92 Å². The van der Waals surface area contributed by atoms with Crippen molar-refractivity contribution in [3.63, 3.8) is 0 Å². The number of hydrogen-bond donors (Lipinski definition) is 0. The Kier molecular flexibility index (Phi) is 6.95. The molecule has 0 spiro atoms. The van der Waals surface area contributed by atoms with Crippen molar-refractivity contribution in [1.29, 1.82) is 0 Å². The second kappa shape index (κ2) is 7.22. The van der Waals surface area contributed by atoms with Crippen molar-refractivity contribution in [3.8, 4) is 0 Å². The molecule has 0 N–H and O–H groups in total. The molecule has 0 aromatic heterocycles. The first kappa shape index (κ1) is 25.0. The highest BCUT2D eigenvalue weighted by Crippen LogP contribution is 2.54. The molecule has 0 saturated carbocycles. The summed E-state index contributed by atoms with van der Waals surface area (Å²) >= 11 is 0. The Labute approximate surface area is 138 Å². The first-order valence-corrected chi connectivity index (χ1v) is 6.42. The van der Waals surface area contributed by atoms with E-state index in [1.165, 1.54) is 0 Å². The summed E-state index contributed by atoms with van der Waals surface area (Å²) in [6, 6.07) is 0. The highest BCUT2D eigenvalue weighted by molar-refractivity contribution is 4.93. The first-order chi connectivity index (χ1) is 11.2. The number of ether oxygens (including phenoxy) is 3. The van der Waals surface area contributed by atoms with Gasteiger partial charge >= 0.3 is 36.3 Å². The lowest BCUT2D eigenvalue weighted by Crippen LogP contribution is -2.67. The molecular weight excluding hydrogens is 408 g/mol. The predicted octanol–water partition coefficient (Wildman–Crippen LogP) is 5.11. The van der Waals surface area contributed by atoms with Gasteiger partial charge in [0.2, 0.25) is 0 Å². The summed E-state index contributed by atoms with van der Waals surface area (Å²) in [5.41, 5.74) is 0. The van der Waals surface area contributed by atoms with Gasteiger partial charge in [0.05, 0.1) is 6.10 Å². The van der Waals surface area contributed by atoms with Crippen LogP contribution in [0.3, 0.4) is 0 Å². The van der Waals surface area contributed by atoms with Gasteiger partial charge in [-0.25, -0.2) is 0 Å². The highest BCUT2D eigenvalue weighted by atomic mass is 19.4. The van der Waals surface area contributed by atoms with Crippen molar-refractivity contribution < 1.29 is 66.9 Å². The smallest absolute Gasteiger partial charge is 0.335 e. The van der Waals surface area contributed by atoms with E-state index in [1.54, 1.807) is 0 Å². The van der Waals surface area contributed by atoms with Crippen LogP contribution in [-0.2, 0) is 14.2 Å². The summed E-state index contributed by atoms with van der Waals surface area (Å²) in [5.74, 6) is -13.2. The van der Waals surface area contributed by atoms with Gasteiger partial charge in [-0.15, -0.1) is 0 Å². The average Bonchev–Trinajstić information content (AvgIpc) is 2.42. The fourth-order valence-electron chi connectivity index (χ4n) is 1.34. The number of hydrogen-bond acceptors (Lipinski definition) is 3. The summed E-state index contributed by atoms with van der Waals surface area (Å²) in [5, 5.41) is 0. The van der Waals surface area contributed by atoms with E-state index in [4.69, 9.17) is 0 Å². The van der Waals surface area contributed by atoms with Gasteiger partial charge in [0.25, 0.3) is 0 Å². The van der Waals surface area contributed by atoms with Gasteiger partial charge in [-0.1, -0.05) is 6.92 Å². The van der Waals surface area contributed by atoms with Crippen LogP contribution in [0.15, 0.2) is 0 Å². The largest absolute Gasteiger partial charge is 0.458 e. The second-order valence-corrected chi connectivity index (χ2v) is 4.86. The van der Waals surface area contributed by atoms with Crippen LogP contribution in [0.2, 0.25) is 0 Å². The van der Waals surface area contributed by atoms with Crippen molar-refractivity contribution >= 4 is 0 Å². The zero-order chi connectivity index (χ0) is 21.4. The van der Waals surface area contributed by atoms with Crippen LogP contribution in [0.1, 0.15) is 20.3 Å². The number of methoxy groups -OCH3 is 1. The Balaban J connectivity index is 6.23. The quantitative estimate of drug-likeness (QED) is 0.511. The molecular formula is C11H12F12O3. The van der Waals surface area contributed by atoms with Gasteiger partial charge in [-0.05, 0) is 13.3 Å². The lowest BCUT2D eigenvalue weighted by Gasteiger charge is -2.40. The van der Waals surface area contributed by atoms with Crippen molar-refractivity contribution in [1.82, 2.24) is 0 Å². The predicted molar refractivity (Wildman–Crippen MR) is 58.6 cm³/mol. The van der Waals surface area contributed by atoms with E-state index in [0.29, 0.717) is 6.92 Å². The van der Waals surface area contributed by atoms with Gasteiger partial charge in [-0.2, -0.15) is 52.7 Å². The molecule has 0 aromatic carbocycles. The Morgan fingerprint density at radius 2 is 1.08 bits per heavy atom. The molecule has 3 atom stereocenters. The molecule has 0 rings (SSSR count). The molecule has 0 radical (unpaired) electrons. The third kappa shape index (κ3) is 4.30. The van der Waals surface area contributed by atoms with Crippen LogP contribution in [0.5, 0.6) is 0 Å². The Morgan fingerprint density at radius 1 is 0.692 bits per heavy atom. The molecule has 0 aliphatic heterocycles. The molecule has 3 unspecified atom stereocenters. The van der Waals surface area contributed by atoms with Gasteiger partial charge in [0.1, 0.15) is 0 Å². The first-order valence-electron chi connectivity index (χ1n) is 6.42. The number of rotatable bonds is 8. The monoisotopic (exact) mass is 420 g/mol. The van der Waals surface area contributed by atoms with Gasteiger partial charge < -0.3 is 9.47 Å². The van der Waals surface area contributed by atoms with Crippen molar-refractivity contribution in [2.24, 2.45) is 0 Å². The SMILES string of the molecule is CCC(C)OC(F)(F)C(F)(OC(F)(F)C(F)(OC)C(F)(F)F)C(F)(F)F. The maximum absolute atomic E-state index is 13.8. The third-order valence-electron chi connectivity index (χ3n) is 2.95. The molecule has 3 nitrogen and oxygen atoms in total. The van der Waals surface area contributed by atoms with Crippen molar-refractivity contribution in [2.45, 2.75) is 62.7 Å². The minimum absolute atomic E-state index is 0.383. The Bertz CT molecular complexity index is 476. The lowest BCUT2D eigenvalue weighted by molar-refractivity contribution is -0.544. The number of halogens is 12. The van der Waals surface area contributed by atoms with Gasteiger partial charge in [0, 0.05) is 7.11 Å². The molecule has 15 heteroatoms. The maximum atomic E-state index is 13.8. The molecule has 0 fully saturated rings. The fourth-order valence-corrected chi connectivity index (χ4v) is 1.34. The summed E-state index contributed by atoms with van der Waals surface area (Å²) in [6.45, 7) is 1.73. The number of alkyl halides is 12. The van der Waals surface area contributed by atoms with Crippen LogP contribution in [-0.4, -0.2) is 49.5 Å². The molecule has 0 aromatic rings. The summed E-state index contributed by atoms with van der Waals surface area (Å²) in [6.07, 6.45) is -29.4. The molecule has 0 amide bonds. The molecule has 0 bridgehead atoms. The van der Waals surface area contributed by atoms with Crippen LogP contribution < -0.4 is 0 Å². The lowest BCUT2D eigenvalue weighted by atomic mass is 10.2. The third-order valence-corrected chi connectivity index (χ3v) is 2.95. The Morgan fingerprint density at radius 3 is 1.35 bits per heavy atom. The minimum atomic E-state index is -7.06. The van der Waals surface area contributed by atoms with E-state index in [-0.39, 0.29) is 7.11 Å². The summed E-state index contributed by atoms with van der Waals surface area (Å²) < 4.78 is 164. The summed E-state index contributed by atoms with van der Waals surface area (Å²) in [7, 11) is -0.383. The fraction of sp³-hybridized carbons (Fsp3) is 1.00. The maximum Gasteiger partial charge on any atom is 0.458 e. The molecule has 0 aliphatic carbocycles. The Hall–Kier alpha value is -0.960.